The van der Waals surface area contributed by atoms with Crippen LogP contribution in [0.4, 0.5) is 11.4 Å². The maximum atomic E-state index is 12.8. The van der Waals surface area contributed by atoms with Crippen molar-refractivity contribution >= 4 is 29.1 Å². The number of carbonyl (C=O) groups excluding carboxylic acids is 3. The molecule has 0 aliphatic carbocycles. The van der Waals surface area contributed by atoms with E-state index in [1.807, 2.05) is 36.4 Å². The minimum absolute atomic E-state index is 0.0616. The number of nitrogens with zero attached hydrogens (tertiary/aromatic N) is 1. The number of hydrogen-bond donors (Lipinski definition) is 3. The zero-order valence-electron chi connectivity index (χ0n) is 17.5. The molecule has 0 saturated heterocycles. The van der Waals surface area contributed by atoms with Crippen LogP contribution in [0.25, 0.3) is 0 Å². The summed E-state index contributed by atoms with van der Waals surface area (Å²) in [7, 11) is 0. The summed E-state index contributed by atoms with van der Waals surface area (Å²) >= 11 is 0. The van der Waals surface area contributed by atoms with Gasteiger partial charge in [0, 0.05) is 17.3 Å². The third kappa shape index (κ3) is 5.08. The number of amides is 3. The van der Waals surface area contributed by atoms with Crippen molar-refractivity contribution in [3.8, 4) is 11.5 Å². The fourth-order valence-electron chi connectivity index (χ4n) is 3.24. The molecule has 3 aromatic rings. The van der Waals surface area contributed by atoms with E-state index >= 15 is 0 Å². The van der Waals surface area contributed by atoms with Gasteiger partial charge in [0.2, 0.25) is 0 Å². The van der Waals surface area contributed by atoms with Crippen LogP contribution in [-0.4, -0.2) is 40.9 Å². The molecule has 1 aliphatic heterocycles. The number of nitrogens with one attached hydrogen (secondary N) is 2. The molecule has 1 heterocycles. The quantitative estimate of drug-likeness (QED) is 0.461. The molecule has 3 aromatic carbocycles. The third-order valence-corrected chi connectivity index (χ3v) is 4.87. The van der Waals surface area contributed by atoms with Gasteiger partial charge in [-0.15, -0.1) is 0 Å². The second kappa shape index (κ2) is 9.80. The van der Waals surface area contributed by atoms with Crippen LogP contribution in [0.1, 0.15) is 10.4 Å². The minimum atomic E-state index is -0.508. The number of β-amino-alcohol motifs (C(OH)–C–C–N with tert-alkyl or cyclic N) is 1. The Kier molecular flexibility index (Phi) is 6.47. The number of aliphatic hydroxyl groups excluding tert-OH is 1. The van der Waals surface area contributed by atoms with E-state index in [1.165, 1.54) is 6.08 Å². The molecule has 4 rings (SSSR count). The molecular weight excluding hydrogens is 422 g/mol. The number of carbonyl (C=O) groups is 3. The van der Waals surface area contributed by atoms with Gasteiger partial charge in [-0.2, -0.15) is 0 Å². The van der Waals surface area contributed by atoms with E-state index in [4.69, 9.17) is 9.84 Å². The van der Waals surface area contributed by atoms with E-state index in [2.05, 4.69) is 10.6 Å². The monoisotopic (exact) mass is 443 g/mol. The molecule has 0 saturated carbocycles. The standard InChI is InChI=1S/C25H21N3O5/c29-15-14-28-23(30)16-21(25(28)32)26-18-12-10-17(11-13-18)24(31)27-20-8-4-5-9-22(20)33-19-6-2-1-3-7-19/h1-13,16,26,29H,14-15H2,(H,27,31). The molecule has 0 atom stereocenters. The Hall–Kier alpha value is -4.43. The van der Waals surface area contributed by atoms with Crippen molar-refractivity contribution in [2.45, 2.75) is 0 Å². The molecule has 33 heavy (non-hydrogen) atoms. The summed E-state index contributed by atoms with van der Waals surface area (Å²) in [5, 5.41) is 14.7. The summed E-state index contributed by atoms with van der Waals surface area (Å²) in [6.45, 7) is -0.365. The normalized spacial score (nSPS) is 13.0. The van der Waals surface area contributed by atoms with Gasteiger partial charge in [-0.25, -0.2) is 0 Å². The average Bonchev–Trinajstić information content (AvgIpc) is 3.09. The molecular formula is C25H21N3O5. The molecule has 3 N–H and O–H groups in total. The Morgan fingerprint density at radius 3 is 2.33 bits per heavy atom. The lowest BCUT2D eigenvalue weighted by atomic mass is 10.1. The Morgan fingerprint density at radius 1 is 0.909 bits per heavy atom. The van der Waals surface area contributed by atoms with Crippen molar-refractivity contribution in [3.05, 3.63) is 96.2 Å². The maximum absolute atomic E-state index is 12.8. The van der Waals surface area contributed by atoms with Gasteiger partial charge in [-0.1, -0.05) is 30.3 Å². The van der Waals surface area contributed by atoms with Crippen LogP contribution in [0.5, 0.6) is 11.5 Å². The SMILES string of the molecule is O=C(Nc1ccccc1Oc1ccccc1)c1ccc(NC2=CC(=O)N(CCO)C2=O)cc1. The Bertz CT molecular complexity index is 1210. The summed E-state index contributed by atoms with van der Waals surface area (Å²) in [5.41, 5.74) is 1.58. The Morgan fingerprint density at radius 2 is 1.61 bits per heavy atom. The first-order valence-corrected chi connectivity index (χ1v) is 10.2. The highest BCUT2D eigenvalue weighted by molar-refractivity contribution is 6.17. The summed E-state index contributed by atoms with van der Waals surface area (Å²) in [6.07, 6.45) is 1.18. The molecule has 0 radical (unpaired) electrons. The van der Waals surface area contributed by atoms with Crippen molar-refractivity contribution < 1.29 is 24.2 Å². The summed E-state index contributed by atoms with van der Waals surface area (Å²) in [5.74, 6) is -0.151. The van der Waals surface area contributed by atoms with Crippen LogP contribution in [0.3, 0.4) is 0 Å². The van der Waals surface area contributed by atoms with Gasteiger partial charge < -0.3 is 20.5 Å². The maximum Gasteiger partial charge on any atom is 0.277 e. The fourth-order valence-corrected chi connectivity index (χ4v) is 3.24. The van der Waals surface area contributed by atoms with Crippen LogP contribution in [0.2, 0.25) is 0 Å². The van der Waals surface area contributed by atoms with Crippen LogP contribution in [0, 0.1) is 0 Å². The van der Waals surface area contributed by atoms with Gasteiger partial charge in [-0.05, 0) is 48.5 Å². The molecule has 1 aliphatic rings. The van der Waals surface area contributed by atoms with E-state index in [9.17, 15) is 14.4 Å². The topological polar surface area (TPSA) is 108 Å². The molecule has 0 spiro atoms. The number of ether oxygens (including phenoxy) is 1. The van der Waals surface area contributed by atoms with Gasteiger partial charge in [-0.3, -0.25) is 19.3 Å². The second-order valence-electron chi connectivity index (χ2n) is 7.14. The molecule has 0 aromatic heterocycles. The molecule has 8 heteroatoms. The first-order valence-electron chi connectivity index (χ1n) is 10.2. The number of imide groups is 1. The van der Waals surface area contributed by atoms with Crippen molar-refractivity contribution in [1.29, 1.82) is 0 Å². The van der Waals surface area contributed by atoms with Gasteiger partial charge in [0.15, 0.2) is 5.75 Å². The minimum Gasteiger partial charge on any atom is -0.455 e. The number of para-hydroxylation sites is 3. The smallest absolute Gasteiger partial charge is 0.277 e. The first kappa shape index (κ1) is 21.8. The van der Waals surface area contributed by atoms with Crippen LogP contribution in [0.15, 0.2) is 90.6 Å². The lowest BCUT2D eigenvalue weighted by Crippen LogP contribution is -2.34. The van der Waals surface area contributed by atoms with Gasteiger partial charge >= 0.3 is 0 Å². The predicted octanol–water partition coefficient (Wildman–Crippen LogP) is 3.39. The van der Waals surface area contributed by atoms with Crippen molar-refractivity contribution in [1.82, 2.24) is 4.90 Å². The number of rotatable bonds is 8. The number of benzene rings is 3. The molecule has 0 unspecified atom stereocenters. The summed E-state index contributed by atoms with van der Waals surface area (Å²) in [6, 6.07) is 22.9. The highest BCUT2D eigenvalue weighted by Crippen LogP contribution is 2.29. The van der Waals surface area contributed by atoms with E-state index in [0.29, 0.717) is 28.4 Å². The summed E-state index contributed by atoms with van der Waals surface area (Å²) in [4.78, 5) is 37.8. The van der Waals surface area contributed by atoms with E-state index in [1.54, 1.807) is 42.5 Å². The molecule has 3 amide bonds. The largest absolute Gasteiger partial charge is 0.455 e. The molecule has 0 bridgehead atoms. The van der Waals surface area contributed by atoms with Crippen LogP contribution in [-0.2, 0) is 9.59 Å². The Labute approximate surface area is 190 Å². The van der Waals surface area contributed by atoms with Gasteiger partial charge in [0.1, 0.15) is 11.4 Å². The lowest BCUT2D eigenvalue weighted by molar-refractivity contribution is -0.137. The zero-order valence-corrected chi connectivity index (χ0v) is 17.5. The highest BCUT2D eigenvalue weighted by atomic mass is 16.5. The van der Waals surface area contributed by atoms with Crippen molar-refractivity contribution in [2.24, 2.45) is 0 Å². The van der Waals surface area contributed by atoms with Gasteiger partial charge in [0.25, 0.3) is 17.7 Å². The van der Waals surface area contributed by atoms with Crippen LogP contribution >= 0.6 is 0 Å². The second-order valence-corrected chi connectivity index (χ2v) is 7.14. The van der Waals surface area contributed by atoms with Gasteiger partial charge in [0.05, 0.1) is 18.8 Å². The molecule has 8 nitrogen and oxygen atoms in total. The van der Waals surface area contributed by atoms with E-state index < -0.39 is 11.8 Å². The predicted molar refractivity (Wildman–Crippen MR) is 123 cm³/mol. The first-order chi connectivity index (χ1) is 16.0. The number of anilines is 2. The van der Waals surface area contributed by atoms with Crippen molar-refractivity contribution in [2.75, 3.05) is 23.8 Å². The number of hydrogen-bond acceptors (Lipinski definition) is 6. The molecule has 0 fully saturated rings. The average molecular weight is 443 g/mol. The van der Waals surface area contributed by atoms with E-state index in [-0.39, 0.29) is 24.8 Å². The zero-order chi connectivity index (χ0) is 23.2. The highest BCUT2D eigenvalue weighted by Gasteiger charge is 2.30. The summed E-state index contributed by atoms with van der Waals surface area (Å²) < 4.78 is 5.87. The molecule has 166 valence electrons. The van der Waals surface area contributed by atoms with Crippen molar-refractivity contribution in [3.63, 3.8) is 0 Å². The van der Waals surface area contributed by atoms with E-state index in [0.717, 1.165) is 4.90 Å². The Balaban J connectivity index is 1.42. The number of aliphatic hydroxyl groups is 1. The third-order valence-electron chi connectivity index (χ3n) is 4.87. The van der Waals surface area contributed by atoms with Crippen LogP contribution < -0.4 is 15.4 Å². The lowest BCUT2D eigenvalue weighted by Gasteiger charge is -2.14. The fraction of sp³-hybridized carbons (Fsp3) is 0.0800.